The highest BCUT2D eigenvalue weighted by Crippen LogP contribution is 2.46. The van der Waals surface area contributed by atoms with Crippen molar-refractivity contribution in [2.75, 3.05) is 0 Å². The van der Waals surface area contributed by atoms with Crippen molar-refractivity contribution in [3.63, 3.8) is 0 Å². The molecule has 0 nitrogen and oxygen atoms in total. The number of rotatable bonds is 1. The van der Waals surface area contributed by atoms with Gasteiger partial charge in [-0.25, -0.2) is 0 Å². The van der Waals surface area contributed by atoms with Crippen LogP contribution in [0.4, 0.5) is 0 Å². The van der Waals surface area contributed by atoms with Crippen molar-refractivity contribution in [1.29, 1.82) is 0 Å². The predicted octanol–water partition coefficient (Wildman–Crippen LogP) is 6.55. The van der Waals surface area contributed by atoms with Crippen LogP contribution in [0.15, 0.2) is 0 Å². The molecular formula is C20H38. The van der Waals surface area contributed by atoms with Crippen molar-refractivity contribution in [3.05, 3.63) is 0 Å². The summed E-state index contributed by atoms with van der Waals surface area (Å²) in [6.45, 7) is 12.5. The first-order valence-corrected chi connectivity index (χ1v) is 9.47. The van der Waals surface area contributed by atoms with Crippen molar-refractivity contribution >= 4 is 0 Å². The van der Waals surface area contributed by atoms with Gasteiger partial charge in [-0.3, -0.25) is 0 Å². The molecule has 6 unspecified atom stereocenters. The zero-order valence-corrected chi connectivity index (χ0v) is 14.7. The van der Waals surface area contributed by atoms with Gasteiger partial charge in [0.25, 0.3) is 0 Å². The Kier molecular flexibility index (Phi) is 5.99. The molecule has 20 heavy (non-hydrogen) atoms. The van der Waals surface area contributed by atoms with E-state index in [1.165, 1.54) is 51.4 Å². The summed E-state index contributed by atoms with van der Waals surface area (Å²) in [6, 6.07) is 0. The van der Waals surface area contributed by atoms with Crippen LogP contribution in [-0.2, 0) is 0 Å². The van der Waals surface area contributed by atoms with Gasteiger partial charge in [-0.1, -0.05) is 60.3 Å². The zero-order chi connectivity index (χ0) is 14.7. The SMILES string of the molecule is CC1CCCC(C)CC2CC(C)C(CC1)CC2C(C)C. The molecule has 3 rings (SSSR count). The van der Waals surface area contributed by atoms with Crippen LogP contribution in [-0.4, -0.2) is 0 Å². The van der Waals surface area contributed by atoms with Gasteiger partial charge in [0.15, 0.2) is 0 Å². The van der Waals surface area contributed by atoms with E-state index in [0.29, 0.717) is 0 Å². The van der Waals surface area contributed by atoms with Gasteiger partial charge < -0.3 is 0 Å². The Morgan fingerprint density at radius 1 is 0.700 bits per heavy atom. The van der Waals surface area contributed by atoms with E-state index in [1.807, 2.05) is 0 Å². The molecule has 0 heterocycles. The Morgan fingerprint density at radius 3 is 2.10 bits per heavy atom. The Labute approximate surface area is 128 Å². The smallest absolute Gasteiger partial charge is 0.0360 e. The van der Waals surface area contributed by atoms with Gasteiger partial charge in [0, 0.05) is 0 Å². The lowest BCUT2D eigenvalue weighted by Crippen LogP contribution is -2.34. The molecular weight excluding hydrogens is 240 g/mol. The summed E-state index contributed by atoms with van der Waals surface area (Å²) in [7, 11) is 0. The van der Waals surface area contributed by atoms with E-state index in [4.69, 9.17) is 0 Å². The van der Waals surface area contributed by atoms with Crippen molar-refractivity contribution in [2.45, 2.75) is 86.0 Å². The second kappa shape index (κ2) is 7.32. The van der Waals surface area contributed by atoms with Crippen molar-refractivity contribution in [1.82, 2.24) is 0 Å². The highest BCUT2D eigenvalue weighted by Gasteiger charge is 2.36. The molecule has 3 aliphatic carbocycles. The van der Waals surface area contributed by atoms with Gasteiger partial charge in [-0.2, -0.15) is 0 Å². The fourth-order valence-corrected chi connectivity index (χ4v) is 5.20. The van der Waals surface area contributed by atoms with E-state index in [1.54, 1.807) is 0 Å². The number of hydrogen-bond acceptors (Lipinski definition) is 0. The molecule has 0 aromatic carbocycles. The summed E-state index contributed by atoms with van der Waals surface area (Å²) in [5, 5.41) is 0. The first-order valence-electron chi connectivity index (χ1n) is 9.47. The lowest BCUT2D eigenvalue weighted by atomic mass is 9.62. The summed E-state index contributed by atoms with van der Waals surface area (Å²) >= 11 is 0. The van der Waals surface area contributed by atoms with Crippen LogP contribution in [0.3, 0.4) is 0 Å². The summed E-state index contributed by atoms with van der Waals surface area (Å²) in [4.78, 5) is 0. The molecule has 0 amide bonds. The first-order chi connectivity index (χ1) is 9.47. The number of hydrogen-bond donors (Lipinski definition) is 0. The second-order valence-electron chi connectivity index (χ2n) is 8.83. The average Bonchev–Trinajstić information content (AvgIpc) is 2.35. The molecule has 0 aliphatic heterocycles. The summed E-state index contributed by atoms with van der Waals surface area (Å²) < 4.78 is 0. The maximum atomic E-state index is 2.55. The Hall–Kier alpha value is 0. The molecule has 0 radical (unpaired) electrons. The van der Waals surface area contributed by atoms with E-state index in [9.17, 15) is 0 Å². The second-order valence-corrected chi connectivity index (χ2v) is 8.83. The minimum atomic E-state index is 0.891. The fraction of sp³-hybridized carbons (Fsp3) is 1.00. The van der Waals surface area contributed by atoms with Crippen molar-refractivity contribution in [2.24, 2.45) is 41.4 Å². The molecule has 3 saturated carbocycles. The van der Waals surface area contributed by atoms with Crippen molar-refractivity contribution in [3.8, 4) is 0 Å². The van der Waals surface area contributed by atoms with Crippen LogP contribution in [0.25, 0.3) is 0 Å². The molecule has 3 fully saturated rings. The van der Waals surface area contributed by atoms with Crippen molar-refractivity contribution < 1.29 is 0 Å². The molecule has 6 atom stereocenters. The van der Waals surface area contributed by atoms with Gasteiger partial charge in [0.1, 0.15) is 0 Å². The monoisotopic (exact) mass is 278 g/mol. The third-order valence-corrected chi connectivity index (χ3v) is 6.65. The average molecular weight is 279 g/mol. The molecule has 118 valence electrons. The molecule has 0 saturated heterocycles. The summed E-state index contributed by atoms with van der Waals surface area (Å²) in [6.07, 6.45) is 12.0. The van der Waals surface area contributed by atoms with E-state index >= 15 is 0 Å². The number of fused-ring (bicyclic) bond motifs is 9. The van der Waals surface area contributed by atoms with Crippen LogP contribution in [0.2, 0.25) is 0 Å². The Morgan fingerprint density at radius 2 is 1.40 bits per heavy atom. The molecule has 0 spiro atoms. The largest absolute Gasteiger partial charge is 0.0625 e. The highest BCUT2D eigenvalue weighted by atomic mass is 14.4. The third-order valence-electron chi connectivity index (χ3n) is 6.65. The Bertz CT molecular complexity index is 278. The summed E-state index contributed by atoms with van der Waals surface area (Å²) in [5.41, 5.74) is 0. The molecule has 0 aromatic rings. The fourth-order valence-electron chi connectivity index (χ4n) is 5.20. The van der Waals surface area contributed by atoms with E-state index in [-0.39, 0.29) is 0 Å². The normalized spacial score (nSPS) is 44.1. The first kappa shape index (κ1) is 16.4. The van der Waals surface area contributed by atoms with Crippen LogP contribution in [0, 0.1) is 41.4 Å². The van der Waals surface area contributed by atoms with Crippen LogP contribution in [0.5, 0.6) is 0 Å². The van der Waals surface area contributed by atoms with E-state index in [0.717, 1.165) is 41.4 Å². The van der Waals surface area contributed by atoms with Crippen LogP contribution in [0.1, 0.15) is 86.0 Å². The van der Waals surface area contributed by atoms with Gasteiger partial charge in [-0.05, 0) is 67.1 Å². The molecule has 3 aliphatic rings. The highest BCUT2D eigenvalue weighted by molar-refractivity contribution is 4.87. The lowest BCUT2D eigenvalue weighted by molar-refractivity contribution is 0.0634. The minimum Gasteiger partial charge on any atom is -0.0625 e. The maximum Gasteiger partial charge on any atom is -0.0360 e. The topological polar surface area (TPSA) is 0 Å². The Balaban J connectivity index is 2.10. The van der Waals surface area contributed by atoms with E-state index < -0.39 is 0 Å². The summed E-state index contributed by atoms with van der Waals surface area (Å²) in [5.74, 6) is 6.84. The molecule has 0 aromatic heterocycles. The molecule has 0 heteroatoms. The minimum absolute atomic E-state index is 0.891. The quantitative estimate of drug-likeness (QED) is 0.510. The third kappa shape index (κ3) is 4.25. The van der Waals surface area contributed by atoms with Gasteiger partial charge in [0.2, 0.25) is 0 Å². The van der Waals surface area contributed by atoms with Crippen LogP contribution < -0.4 is 0 Å². The zero-order valence-electron chi connectivity index (χ0n) is 14.7. The maximum absolute atomic E-state index is 2.55. The van der Waals surface area contributed by atoms with Gasteiger partial charge in [0.05, 0.1) is 0 Å². The molecule has 0 N–H and O–H groups in total. The van der Waals surface area contributed by atoms with E-state index in [2.05, 4.69) is 34.6 Å². The predicted molar refractivity (Wildman–Crippen MR) is 89.7 cm³/mol. The van der Waals surface area contributed by atoms with Gasteiger partial charge in [-0.15, -0.1) is 0 Å². The van der Waals surface area contributed by atoms with Gasteiger partial charge >= 0.3 is 0 Å². The standard InChI is InChI=1S/C20H38/c1-14(2)20-13-18-10-9-15(3)7-6-8-16(4)11-19(20)12-17(18)5/h14-20H,6-13H2,1-5H3. The lowest BCUT2D eigenvalue weighted by Gasteiger charge is -2.44. The van der Waals surface area contributed by atoms with Crippen LogP contribution >= 0.6 is 0 Å². The molecule has 2 bridgehead atoms.